The van der Waals surface area contributed by atoms with Crippen LogP contribution in [0.3, 0.4) is 0 Å². The van der Waals surface area contributed by atoms with Crippen molar-refractivity contribution < 1.29 is 4.79 Å². The number of nitrogens with zero attached hydrogens (tertiary/aromatic N) is 1. The summed E-state index contributed by atoms with van der Waals surface area (Å²) < 4.78 is 0. The summed E-state index contributed by atoms with van der Waals surface area (Å²) >= 11 is 0. The van der Waals surface area contributed by atoms with Crippen molar-refractivity contribution in [2.24, 2.45) is 0 Å². The summed E-state index contributed by atoms with van der Waals surface area (Å²) in [7, 11) is 0. The van der Waals surface area contributed by atoms with E-state index >= 15 is 0 Å². The second kappa shape index (κ2) is 12.0. The van der Waals surface area contributed by atoms with Gasteiger partial charge in [0, 0.05) is 12.7 Å². The molecule has 1 rings (SSSR count). The summed E-state index contributed by atoms with van der Waals surface area (Å²) in [4.78, 5) is 15.8. The minimum atomic E-state index is -0.101. The quantitative estimate of drug-likeness (QED) is 0.565. The molecule has 0 unspecified atom stereocenters. The average molecular weight is 305 g/mol. The van der Waals surface area contributed by atoms with Gasteiger partial charge in [-0.15, -0.1) is 0 Å². The van der Waals surface area contributed by atoms with E-state index in [-0.39, 0.29) is 5.91 Å². The standard InChI is InChI=1S/C18H31N3O/c1-2-3-4-5-6-7-8-9-10-11-13-21-18(22)16-12-14-20-15-17(16)19/h12,14-15H,2-11,13,19H2,1H3,(H,21,22). The number of carbonyl (C=O) groups excluding carboxylic acids is 1. The summed E-state index contributed by atoms with van der Waals surface area (Å²) in [6.45, 7) is 2.97. The highest BCUT2D eigenvalue weighted by atomic mass is 16.1. The van der Waals surface area contributed by atoms with E-state index in [2.05, 4.69) is 17.2 Å². The zero-order chi connectivity index (χ0) is 16.0. The van der Waals surface area contributed by atoms with E-state index < -0.39 is 0 Å². The molecule has 1 amide bonds. The van der Waals surface area contributed by atoms with Gasteiger partial charge in [-0.1, -0.05) is 64.7 Å². The SMILES string of the molecule is CCCCCCCCCCCCNC(=O)c1ccncc1N. The first-order chi connectivity index (χ1) is 10.8. The molecule has 1 aromatic heterocycles. The zero-order valence-corrected chi connectivity index (χ0v) is 13.9. The second-order valence-electron chi connectivity index (χ2n) is 5.90. The van der Waals surface area contributed by atoms with Crippen LogP contribution in [-0.4, -0.2) is 17.4 Å². The Morgan fingerprint density at radius 2 is 1.64 bits per heavy atom. The molecule has 0 aliphatic carbocycles. The van der Waals surface area contributed by atoms with Crippen LogP contribution in [0, 0.1) is 0 Å². The number of nitrogens with one attached hydrogen (secondary N) is 1. The maximum Gasteiger partial charge on any atom is 0.253 e. The van der Waals surface area contributed by atoms with Gasteiger partial charge in [0.15, 0.2) is 0 Å². The molecule has 0 atom stereocenters. The highest BCUT2D eigenvalue weighted by molar-refractivity contribution is 5.98. The topological polar surface area (TPSA) is 68.0 Å². The van der Waals surface area contributed by atoms with E-state index in [1.165, 1.54) is 64.0 Å². The van der Waals surface area contributed by atoms with Gasteiger partial charge in [0.2, 0.25) is 0 Å². The van der Waals surface area contributed by atoms with E-state index in [1.807, 2.05) is 0 Å². The number of hydrogen-bond acceptors (Lipinski definition) is 3. The number of pyridine rings is 1. The maximum atomic E-state index is 11.9. The Morgan fingerprint density at radius 1 is 1.05 bits per heavy atom. The molecule has 1 heterocycles. The molecule has 0 aliphatic heterocycles. The van der Waals surface area contributed by atoms with Crippen LogP contribution in [0.4, 0.5) is 5.69 Å². The number of hydrogen-bond donors (Lipinski definition) is 2. The Kier molecular flexibility index (Phi) is 10.1. The number of carbonyl (C=O) groups is 1. The Bertz CT molecular complexity index is 421. The number of unbranched alkanes of at least 4 members (excludes halogenated alkanes) is 9. The summed E-state index contributed by atoms with van der Waals surface area (Å²) in [6, 6.07) is 1.66. The first kappa shape index (κ1) is 18.5. The number of amides is 1. The van der Waals surface area contributed by atoms with Crippen molar-refractivity contribution >= 4 is 11.6 Å². The Hall–Kier alpha value is -1.58. The molecule has 124 valence electrons. The smallest absolute Gasteiger partial charge is 0.253 e. The Labute approximate surface area is 134 Å². The molecular weight excluding hydrogens is 274 g/mol. The van der Waals surface area contributed by atoms with E-state index in [1.54, 1.807) is 12.3 Å². The molecule has 1 aromatic rings. The lowest BCUT2D eigenvalue weighted by atomic mass is 10.1. The van der Waals surface area contributed by atoms with Gasteiger partial charge in [0.1, 0.15) is 0 Å². The van der Waals surface area contributed by atoms with Crippen molar-refractivity contribution in [3.05, 3.63) is 24.0 Å². The molecule has 0 aliphatic rings. The zero-order valence-electron chi connectivity index (χ0n) is 13.9. The van der Waals surface area contributed by atoms with Gasteiger partial charge in [0.05, 0.1) is 17.4 Å². The second-order valence-corrected chi connectivity index (χ2v) is 5.90. The van der Waals surface area contributed by atoms with Crippen molar-refractivity contribution in [1.82, 2.24) is 10.3 Å². The van der Waals surface area contributed by atoms with Crippen LogP contribution < -0.4 is 11.1 Å². The maximum absolute atomic E-state index is 11.9. The van der Waals surface area contributed by atoms with Crippen molar-refractivity contribution in [3.63, 3.8) is 0 Å². The van der Waals surface area contributed by atoms with E-state index in [4.69, 9.17) is 5.73 Å². The van der Waals surface area contributed by atoms with Crippen LogP contribution in [0.15, 0.2) is 18.5 Å². The Balaban J connectivity index is 1.95. The van der Waals surface area contributed by atoms with Crippen LogP contribution in [-0.2, 0) is 0 Å². The molecule has 3 N–H and O–H groups in total. The predicted octanol–water partition coefficient (Wildman–Crippen LogP) is 4.31. The first-order valence-electron chi connectivity index (χ1n) is 8.73. The highest BCUT2D eigenvalue weighted by Gasteiger charge is 2.07. The number of nitrogen functional groups attached to an aromatic ring is 1. The third kappa shape index (κ3) is 8.01. The van der Waals surface area contributed by atoms with Crippen LogP contribution in [0.2, 0.25) is 0 Å². The Morgan fingerprint density at radius 3 is 2.23 bits per heavy atom. The van der Waals surface area contributed by atoms with E-state index in [0.29, 0.717) is 11.3 Å². The largest absolute Gasteiger partial charge is 0.397 e. The van der Waals surface area contributed by atoms with Crippen molar-refractivity contribution in [2.45, 2.75) is 71.1 Å². The lowest BCUT2D eigenvalue weighted by Gasteiger charge is -2.07. The van der Waals surface area contributed by atoms with Gasteiger partial charge >= 0.3 is 0 Å². The summed E-state index contributed by atoms with van der Waals surface area (Å²) in [5.74, 6) is -0.101. The molecule has 4 heteroatoms. The van der Waals surface area contributed by atoms with Gasteiger partial charge < -0.3 is 11.1 Å². The summed E-state index contributed by atoms with van der Waals surface area (Å²) in [5.41, 5.74) is 6.68. The number of rotatable bonds is 12. The highest BCUT2D eigenvalue weighted by Crippen LogP contribution is 2.11. The molecule has 0 saturated heterocycles. The fourth-order valence-electron chi connectivity index (χ4n) is 2.52. The summed E-state index contributed by atoms with van der Waals surface area (Å²) in [5, 5.41) is 2.92. The van der Waals surface area contributed by atoms with E-state index in [0.717, 1.165) is 13.0 Å². The van der Waals surface area contributed by atoms with Crippen molar-refractivity contribution in [2.75, 3.05) is 12.3 Å². The predicted molar refractivity (Wildman–Crippen MR) is 92.8 cm³/mol. The van der Waals surface area contributed by atoms with Crippen LogP contribution >= 0.6 is 0 Å². The minimum Gasteiger partial charge on any atom is -0.397 e. The van der Waals surface area contributed by atoms with Gasteiger partial charge in [0.25, 0.3) is 5.91 Å². The summed E-state index contributed by atoms with van der Waals surface area (Å²) in [6.07, 6.45) is 16.1. The van der Waals surface area contributed by atoms with E-state index in [9.17, 15) is 4.79 Å². The average Bonchev–Trinajstić information content (AvgIpc) is 2.53. The molecule has 0 bridgehead atoms. The molecule has 0 aromatic carbocycles. The third-order valence-electron chi connectivity index (χ3n) is 3.91. The molecule has 0 fully saturated rings. The lowest BCUT2D eigenvalue weighted by molar-refractivity contribution is 0.0953. The molecule has 0 saturated carbocycles. The molecular formula is C18H31N3O. The minimum absolute atomic E-state index is 0.101. The molecule has 0 spiro atoms. The fraction of sp³-hybridized carbons (Fsp3) is 0.667. The van der Waals surface area contributed by atoms with Crippen LogP contribution in [0.1, 0.15) is 81.5 Å². The number of nitrogens with two attached hydrogens (primary N) is 1. The normalized spacial score (nSPS) is 10.6. The number of aromatic nitrogens is 1. The monoisotopic (exact) mass is 305 g/mol. The van der Waals surface area contributed by atoms with Crippen molar-refractivity contribution in [3.8, 4) is 0 Å². The van der Waals surface area contributed by atoms with Gasteiger partial charge in [-0.05, 0) is 12.5 Å². The van der Waals surface area contributed by atoms with Crippen LogP contribution in [0.25, 0.3) is 0 Å². The molecule has 4 nitrogen and oxygen atoms in total. The fourth-order valence-corrected chi connectivity index (χ4v) is 2.52. The number of anilines is 1. The van der Waals surface area contributed by atoms with Gasteiger partial charge in [-0.25, -0.2) is 0 Å². The van der Waals surface area contributed by atoms with Gasteiger partial charge in [-0.2, -0.15) is 0 Å². The third-order valence-corrected chi connectivity index (χ3v) is 3.91. The molecule has 22 heavy (non-hydrogen) atoms. The molecule has 0 radical (unpaired) electrons. The van der Waals surface area contributed by atoms with Crippen LogP contribution in [0.5, 0.6) is 0 Å². The van der Waals surface area contributed by atoms with Crippen molar-refractivity contribution in [1.29, 1.82) is 0 Å². The first-order valence-corrected chi connectivity index (χ1v) is 8.73. The van der Waals surface area contributed by atoms with Gasteiger partial charge in [-0.3, -0.25) is 9.78 Å². The lowest BCUT2D eigenvalue weighted by Crippen LogP contribution is -2.25.